The van der Waals surface area contributed by atoms with Gasteiger partial charge in [-0.3, -0.25) is 9.69 Å². The van der Waals surface area contributed by atoms with Crippen molar-refractivity contribution in [2.24, 2.45) is 5.41 Å². The molecule has 8 heteroatoms. The molecule has 0 amide bonds. The lowest BCUT2D eigenvalue weighted by Crippen LogP contribution is -2.55. The predicted octanol–water partition coefficient (Wildman–Crippen LogP) is 8.58. The van der Waals surface area contributed by atoms with Gasteiger partial charge in [0.25, 0.3) is 0 Å². The number of hydrogen-bond acceptors (Lipinski definition) is 6. The van der Waals surface area contributed by atoms with Crippen molar-refractivity contribution in [3.8, 4) is 28.4 Å². The molecule has 1 atom stereocenters. The summed E-state index contributed by atoms with van der Waals surface area (Å²) in [6.07, 6.45) is 3.91. The molecule has 0 spiro atoms. The van der Waals surface area contributed by atoms with Crippen LogP contribution in [0.2, 0.25) is 5.02 Å². The number of likely N-dealkylation sites (tertiary alicyclic amines) is 1. The summed E-state index contributed by atoms with van der Waals surface area (Å²) < 4.78 is 18.9. The monoisotopic (exact) mass is 662 g/mol. The molecule has 0 aromatic heterocycles. The van der Waals surface area contributed by atoms with Gasteiger partial charge in [0.1, 0.15) is 23.4 Å². The number of halogens is 1. The summed E-state index contributed by atoms with van der Waals surface area (Å²) in [5.74, 6) is 1.40. The lowest BCUT2D eigenvalue weighted by Gasteiger charge is -2.48. The van der Waals surface area contributed by atoms with Crippen LogP contribution in [0.4, 0.5) is 0 Å². The van der Waals surface area contributed by atoms with Crippen molar-refractivity contribution in [2.45, 2.75) is 85.4 Å². The molecule has 5 rings (SSSR count). The van der Waals surface area contributed by atoms with Gasteiger partial charge >= 0.3 is 5.97 Å². The Morgan fingerprint density at radius 1 is 1.09 bits per heavy atom. The van der Waals surface area contributed by atoms with Gasteiger partial charge in [0.2, 0.25) is 0 Å². The Morgan fingerprint density at radius 2 is 1.83 bits per heavy atom. The van der Waals surface area contributed by atoms with Crippen LogP contribution in [0.1, 0.15) is 82.2 Å². The maximum Gasteiger partial charge on any atom is 0.310 e. The molecular weight excluding hydrogens is 612 g/mol. The molecule has 47 heavy (non-hydrogen) atoms. The van der Waals surface area contributed by atoms with Crippen LogP contribution < -0.4 is 14.2 Å². The Hall–Kier alpha value is -3.26. The smallest absolute Gasteiger partial charge is 0.310 e. The molecule has 0 bridgehead atoms. The fourth-order valence-corrected chi connectivity index (χ4v) is 7.18. The van der Waals surface area contributed by atoms with Gasteiger partial charge in [-0.25, -0.2) is 0 Å². The first-order valence-electron chi connectivity index (χ1n) is 16.9. The van der Waals surface area contributed by atoms with E-state index >= 15 is 0 Å². The fraction of sp³-hybridized carbons (Fsp3) is 0.513. The van der Waals surface area contributed by atoms with E-state index in [1.807, 2.05) is 31.0 Å². The first kappa shape index (κ1) is 35.1. The van der Waals surface area contributed by atoms with E-state index in [1.54, 1.807) is 13.8 Å². The maximum atomic E-state index is 11.7. The molecule has 0 unspecified atom stereocenters. The summed E-state index contributed by atoms with van der Waals surface area (Å²) in [6.45, 7) is 16.5. The minimum absolute atomic E-state index is 0.132. The van der Waals surface area contributed by atoms with Gasteiger partial charge in [-0.2, -0.15) is 0 Å². The Balaban J connectivity index is 1.30. The van der Waals surface area contributed by atoms with Gasteiger partial charge in [-0.15, -0.1) is 0 Å². The van der Waals surface area contributed by atoms with Crippen molar-refractivity contribution in [2.75, 3.05) is 39.9 Å². The van der Waals surface area contributed by atoms with Crippen molar-refractivity contribution in [1.29, 1.82) is 0 Å². The number of aliphatic carboxylic acids is 1. The molecule has 7 nitrogen and oxygen atoms in total. The molecule has 254 valence electrons. The Morgan fingerprint density at radius 3 is 2.51 bits per heavy atom. The van der Waals surface area contributed by atoms with Gasteiger partial charge in [-0.1, -0.05) is 41.9 Å². The van der Waals surface area contributed by atoms with E-state index in [0.29, 0.717) is 48.4 Å². The summed E-state index contributed by atoms with van der Waals surface area (Å²) in [7, 11) is 1.91. The van der Waals surface area contributed by atoms with E-state index in [0.717, 1.165) is 42.7 Å². The van der Waals surface area contributed by atoms with Crippen LogP contribution in [-0.2, 0) is 17.8 Å². The molecule has 3 aromatic rings. The summed E-state index contributed by atoms with van der Waals surface area (Å²) in [5.41, 5.74) is 6.40. The average Bonchev–Trinajstić information content (AvgIpc) is 3.42. The van der Waals surface area contributed by atoms with Crippen LogP contribution in [0.25, 0.3) is 11.1 Å². The number of nitrogens with zero attached hydrogens (tertiary/aromatic N) is 2. The molecule has 0 radical (unpaired) electrons. The van der Waals surface area contributed by atoms with Gasteiger partial charge < -0.3 is 24.2 Å². The zero-order chi connectivity index (χ0) is 33.9. The fourth-order valence-electron chi connectivity index (χ4n) is 6.94. The normalized spacial score (nSPS) is 17.3. The third-order valence-corrected chi connectivity index (χ3v) is 10.1. The zero-order valence-electron chi connectivity index (χ0n) is 29.1. The van der Waals surface area contributed by atoms with E-state index in [2.05, 4.69) is 62.1 Å². The maximum absolute atomic E-state index is 11.7. The van der Waals surface area contributed by atoms with Crippen molar-refractivity contribution < 1.29 is 24.1 Å². The number of fused-ring (bicyclic) bond motifs is 1. The molecule has 1 aliphatic carbocycles. The molecule has 1 N–H and O–H groups in total. The van der Waals surface area contributed by atoms with Crippen molar-refractivity contribution >= 4 is 17.6 Å². The number of rotatable bonds is 15. The van der Waals surface area contributed by atoms with Crippen LogP contribution >= 0.6 is 11.6 Å². The highest BCUT2D eigenvalue weighted by atomic mass is 35.5. The number of ether oxygens (including phenoxy) is 3. The lowest BCUT2D eigenvalue weighted by molar-refractivity contribution is -0.147. The Labute approximate surface area is 285 Å². The first-order valence-corrected chi connectivity index (χ1v) is 17.3. The van der Waals surface area contributed by atoms with E-state index in [1.165, 1.54) is 35.2 Å². The highest BCUT2D eigenvalue weighted by molar-refractivity contribution is 6.32. The second kappa shape index (κ2) is 14.5. The molecule has 1 heterocycles. The van der Waals surface area contributed by atoms with Crippen LogP contribution in [-0.4, -0.2) is 66.3 Å². The van der Waals surface area contributed by atoms with E-state index in [-0.39, 0.29) is 6.10 Å². The van der Waals surface area contributed by atoms with Crippen LogP contribution in [0.5, 0.6) is 17.2 Å². The number of carbonyl (C=O) groups is 1. The molecular formula is C39H51ClN2O5. The van der Waals surface area contributed by atoms with Crippen molar-refractivity contribution in [1.82, 2.24) is 9.80 Å². The molecule has 1 saturated heterocycles. The average molecular weight is 663 g/mol. The number of hydrogen-bond donors (Lipinski definition) is 1. The largest absolute Gasteiger partial charge is 0.493 e. The molecule has 3 aromatic carbocycles. The Kier molecular flexibility index (Phi) is 10.8. The Bertz CT molecular complexity index is 1590. The minimum atomic E-state index is -0.875. The molecule has 1 aliphatic heterocycles. The number of carboxylic acids is 1. The van der Waals surface area contributed by atoms with Gasteiger partial charge in [-0.05, 0) is 114 Å². The molecule has 2 aliphatic rings. The summed E-state index contributed by atoms with van der Waals surface area (Å²) in [4.78, 5) is 16.2. The highest BCUT2D eigenvalue weighted by Gasteiger charge is 2.35. The second-order valence-corrected chi connectivity index (χ2v) is 14.8. The van der Waals surface area contributed by atoms with Gasteiger partial charge in [0.15, 0.2) is 0 Å². The lowest BCUT2D eigenvalue weighted by atomic mass is 9.89. The van der Waals surface area contributed by atoms with Crippen molar-refractivity contribution in [3.63, 3.8) is 0 Å². The van der Waals surface area contributed by atoms with E-state index in [4.69, 9.17) is 25.8 Å². The molecule has 1 fully saturated rings. The quantitative estimate of drug-likeness (QED) is 0.164. The SMILES string of the molecule is CCOc1cc(O[C@H]2CCc3c(-c4cccc(OCCCN5CCC5(C)C)c4C)cccc32)c(Cl)cc1CN(C)CC(C)(C)C(=O)O. The van der Waals surface area contributed by atoms with Crippen molar-refractivity contribution in [3.05, 3.63) is 75.8 Å². The standard InChI is InChI=1S/C39H51ClN2O5/c1-8-45-35-23-36(32(40)22-27(35)24-41(7)25-38(3,4)37(43)44)47-34-17-16-30-29(13-9-14-31(30)34)28-12-10-15-33(26(28)2)46-21-11-19-42-20-18-39(42,5)6/h9-10,12-15,22-23,34H,8,11,16-21,24-25H2,1-7H3,(H,43,44)/t34-/m0/s1. The first-order chi connectivity index (χ1) is 22.3. The summed E-state index contributed by atoms with van der Waals surface area (Å²) in [5, 5.41) is 10.1. The third kappa shape index (κ3) is 7.90. The summed E-state index contributed by atoms with van der Waals surface area (Å²) in [6, 6.07) is 16.6. The topological polar surface area (TPSA) is 71.5 Å². The predicted molar refractivity (Wildman–Crippen MR) is 189 cm³/mol. The minimum Gasteiger partial charge on any atom is -0.493 e. The van der Waals surface area contributed by atoms with Crippen LogP contribution in [0.3, 0.4) is 0 Å². The van der Waals surface area contributed by atoms with Crippen LogP contribution in [0, 0.1) is 12.3 Å². The summed E-state index contributed by atoms with van der Waals surface area (Å²) >= 11 is 6.82. The highest BCUT2D eigenvalue weighted by Crippen LogP contribution is 2.44. The molecule has 0 saturated carbocycles. The number of carboxylic acid groups (broad SMARTS) is 1. The van der Waals surface area contributed by atoms with Crippen LogP contribution in [0.15, 0.2) is 48.5 Å². The second-order valence-electron chi connectivity index (χ2n) is 14.4. The number of benzene rings is 3. The van der Waals surface area contributed by atoms with E-state index < -0.39 is 11.4 Å². The zero-order valence-corrected chi connectivity index (χ0v) is 29.9. The third-order valence-electron chi connectivity index (χ3n) is 9.84. The van der Waals surface area contributed by atoms with E-state index in [9.17, 15) is 9.90 Å². The van der Waals surface area contributed by atoms with Gasteiger partial charge in [0.05, 0.1) is 23.7 Å². The van der Waals surface area contributed by atoms with Gasteiger partial charge in [0, 0.05) is 43.3 Å².